The first-order valence-electron chi connectivity index (χ1n) is 6.21. The molecule has 0 aliphatic heterocycles. The molecule has 1 aromatic rings. The molecule has 0 saturated heterocycles. The number of para-hydroxylation sites is 1. The van der Waals surface area contributed by atoms with Crippen LogP contribution in [0.1, 0.15) is 44.3 Å². The van der Waals surface area contributed by atoms with Gasteiger partial charge in [0.25, 0.3) is 0 Å². The van der Waals surface area contributed by atoms with Gasteiger partial charge in [-0.15, -0.1) is 0 Å². The molecule has 1 fully saturated rings. The van der Waals surface area contributed by atoms with E-state index in [9.17, 15) is 5.11 Å². The second-order valence-electron chi connectivity index (χ2n) is 5.11. The van der Waals surface area contributed by atoms with Crippen molar-refractivity contribution in [1.82, 2.24) is 0 Å². The maximum absolute atomic E-state index is 10.4. The lowest BCUT2D eigenvalue weighted by molar-refractivity contribution is 0.0720. The van der Waals surface area contributed by atoms with Gasteiger partial charge in [-0.3, -0.25) is 0 Å². The number of nitrogens with two attached hydrogens (primary N) is 1. The third-order valence-corrected chi connectivity index (χ3v) is 3.74. The molecule has 2 rings (SSSR count). The summed E-state index contributed by atoms with van der Waals surface area (Å²) in [6.45, 7) is 2.27. The molecule has 1 aliphatic carbocycles. The van der Waals surface area contributed by atoms with Crippen LogP contribution in [0.4, 0.5) is 5.69 Å². The summed E-state index contributed by atoms with van der Waals surface area (Å²) in [6.07, 6.45) is 4.39. The zero-order valence-corrected chi connectivity index (χ0v) is 9.89. The number of benzene rings is 1. The van der Waals surface area contributed by atoms with Gasteiger partial charge in [0, 0.05) is 11.3 Å². The van der Waals surface area contributed by atoms with Crippen molar-refractivity contribution in [1.29, 1.82) is 0 Å². The molecule has 0 radical (unpaired) electrons. The first-order valence-corrected chi connectivity index (χ1v) is 6.21. The Hall–Kier alpha value is -1.02. The number of hydrogen-bond acceptors (Lipinski definition) is 2. The van der Waals surface area contributed by atoms with Gasteiger partial charge in [0.1, 0.15) is 0 Å². The third-order valence-electron chi connectivity index (χ3n) is 3.74. The fourth-order valence-corrected chi connectivity index (χ4v) is 2.80. The van der Waals surface area contributed by atoms with Gasteiger partial charge in [-0.05, 0) is 30.7 Å². The normalized spacial score (nSPS) is 27.6. The smallest absolute Gasteiger partial charge is 0.0838 e. The van der Waals surface area contributed by atoms with Crippen molar-refractivity contribution in [2.45, 2.75) is 38.7 Å². The summed E-state index contributed by atoms with van der Waals surface area (Å²) in [5, 5.41) is 10.4. The summed E-state index contributed by atoms with van der Waals surface area (Å²) in [6, 6.07) is 7.67. The van der Waals surface area contributed by atoms with Crippen molar-refractivity contribution in [3.05, 3.63) is 29.8 Å². The molecule has 0 heterocycles. The van der Waals surface area contributed by atoms with Gasteiger partial charge in [0.15, 0.2) is 0 Å². The summed E-state index contributed by atoms with van der Waals surface area (Å²) in [4.78, 5) is 0. The Morgan fingerprint density at radius 2 is 2.06 bits per heavy atom. The number of aliphatic hydroxyl groups excluding tert-OH is 1. The van der Waals surface area contributed by atoms with Gasteiger partial charge >= 0.3 is 0 Å². The van der Waals surface area contributed by atoms with E-state index >= 15 is 0 Å². The monoisotopic (exact) mass is 219 g/mol. The van der Waals surface area contributed by atoms with Crippen LogP contribution in [0.5, 0.6) is 0 Å². The standard InChI is InChI=1S/C14H21NO/c1-10-5-4-6-11(9-10)14(16)12-7-2-3-8-13(12)15/h2-3,7-8,10-11,14,16H,4-6,9,15H2,1H3. The number of nitrogen functional groups attached to an aromatic ring is 1. The van der Waals surface area contributed by atoms with E-state index in [1.165, 1.54) is 12.8 Å². The highest BCUT2D eigenvalue weighted by Crippen LogP contribution is 2.38. The first-order chi connectivity index (χ1) is 7.68. The van der Waals surface area contributed by atoms with Gasteiger partial charge in [-0.1, -0.05) is 38.0 Å². The van der Waals surface area contributed by atoms with E-state index in [-0.39, 0.29) is 6.10 Å². The summed E-state index contributed by atoms with van der Waals surface area (Å²) in [7, 11) is 0. The van der Waals surface area contributed by atoms with Gasteiger partial charge in [-0.2, -0.15) is 0 Å². The Bertz CT molecular complexity index is 350. The van der Waals surface area contributed by atoms with Crippen molar-refractivity contribution in [3.8, 4) is 0 Å². The van der Waals surface area contributed by atoms with Gasteiger partial charge < -0.3 is 10.8 Å². The molecule has 1 aliphatic rings. The van der Waals surface area contributed by atoms with Crippen LogP contribution in [0.15, 0.2) is 24.3 Å². The van der Waals surface area contributed by atoms with Gasteiger partial charge in [-0.25, -0.2) is 0 Å². The van der Waals surface area contributed by atoms with Crippen LogP contribution in [0.3, 0.4) is 0 Å². The predicted octanol–water partition coefficient (Wildman–Crippen LogP) is 3.13. The Morgan fingerprint density at radius 1 is 1.31 bits per heavy atom. The summed E-state index contributed by atoms with van der Waals surface area (Å²) < 4.78 is 0. The highest BCUT2D eigenvalue weighted by molar-refractivity contribution is 5.47. The molecule has 1 saturated carbocycles. The topological polar surface area (TPSA) is 46.2 Å². The lowest BCUT2D eigenvalue weighted by atomic mass is 9.78. The molecule has 0 amide bonds. The first kappa shape index (κ1) is 11.5. The molecule has 16 heavy (non-hydrogen) atoms. The van der Waals surface area contributed by atoms with Crippen molar-refractivity contribution < 1.29 is 5.11 Å². The highest BCUT2D eigenvalue weighted by Gasteiger charge is 2.27. The van der Waals surface area contributed by atoms with Gasteiger partial charge in [0.2, 0.25) is 0 Å². The lowest BCUT2D eigenvalue weighted by Gasteiger charge is -2.31. The summed E-state index contributed by atoms with van der Waals surface area (Å²) in [5.41, 5.74) is 7.52. The minimum absolute atomic E-state index is 0.383. The SMILES string of the molecule is CC1CCCC(C(O)c2ccccc2N)C1. The molecule has 1 aromatic carbocycles. The molecule has 0 aromatic heterocycles. The molecule has 3 atom stereocenters. The Labute approximate surface area is 97.5 Å². The van der Waals surface area contributed by atoms with E-state index in [0.717, 1.165) is 24.3 Å². The van der Waals surface area contributed by atoms with Crippen LogP contribution in [-0.4, -0.2) is 5.11 Å². The largest absolute Gasteiger partial charge is 0.398 e. The molecular formula is C14H21NO. The number of hydrogen-bond donors (Lipinski definition) is 2. The van der Waals surface area contributed by atoms with E-state index in [4.69, 9.17) is 5.73 Å². The van der Waals surface area contributed by atoms with Crippen LogP contribution in [0.2, 0.25) is 0 Å². The third kappa shape index (κ3) is 2.38. The fourth-order valence-electron chi connectivity index (χ4n) is 2.80. The zero-order valence-electron chi connectivity index (χ0n) is 9.89. The van der Waals surface area contributed by atoms with Crippen LogP contribution >= 0.6 is 0 Å². The molecule has 2 heteroatoms. The van der Waals surface area contributed by atoms with E-state index in [1.807, 2.05) is 24.3 Å². The molecular weight excluding hydrogens is 198 g/mol. The minimum atomic E-state index is -0.385. The van der Waals surface area contributed by atoms with Crippen molar-refractivity contribution >= 4 is 5.69 Å². The van der Waals surface area contributed by atoms with E-state index in [1.54, 1.807) is 0 Å². The van der Waals surface area contributed by atoms with Crippen molar-refractivity contribution in [3.63, 3.8) is 0 Å². The summed E-state index contributed by atoms with van der Waals surface area (Å²) in [5.74, 6) is 1.12. The second kappa shape index (κ2) is 4.88. The summed E-state index contributed by atoms with van der Waals surface area (Å²) >= 11 is 0. The molecule has 3 N–H and O–H groups in total. The second-order valence-corrected chi connectivity index (χ2v) is 5.11. The van der Waals surface area contributed by atoms with Crippen LogP contribution in [0, 0.1) is 11.8 Å². The zero-order chi connectivity index (χ0) is 11.5. The Kier molecular flexibility index (Phi) is 3.49. The Morgan fingerprint density at radius 3 is 2.75 bits per heavy atom. The van der Waals surface area contributed by atoms with E-state index in [2.05, 4.69) is 6.92 Å². The quantitative estimate of drug-likeness (QED) is 0.751. The molecule has 88 valence electrons. The average Bonchev–Trinajstić information content (AvgIpc) is 2.29. The molecule has 0 bridgehead atoms. The number of rotatable bonds is 2. The fraction of sp³-hybridized carbons (Fsp3) is 0.571. The molecule has 2 nitrogen and oxygen atoms in total. The van der Waals surface area contributed by atoms with Crippen LogP contribution in [0.25, 0.3) is 0 Å². The maximum Gasteiger partial charge on any atom is 0.0838 e. The van der Waals surface area contributed by atoms with E-state index in [0.29, 0.717) is 11.6 Å². The lowest BCUT2D eigenvalue weighted by Crippen LogP contribution is -2.20. The van der Waals surface area contributed by atoms with Crippen LogP contribution < -0.4 is 5.73 Å². The van der Waals surface area contributed by atoms with Crippen molar-refractivity contribution in [2.75, 3.05) is 5.73 Å². The minimum Gasteiger partial charge on any atom is -0.398 e. The van der Waals surface area contributed by atoms with Gasteiger partial charge in [0.05, 0.1) is 6.10 Å². The molecule has 3 unspecified atom stereocenters. The maximum atomic E-state index is 10.4. The average molecular weight is 219 g/mol. The van der Waals surface area contributed by atoms with Crippen molar-refractivity contribution in [2.24, 2.45) is 11.8 Å². The Balaban J connectivity index is 2.12. The number of aliphatic hydroxyl groups is 1. The predicted molar refractivity (Wildman–Crippen MR) is 66.9 cm³/mol. The molecule has 0 spiro atoms. The highest BCUT2D eigenvalue weighted by atomic mass is 16.3. The van der Waals surface area contributed by atoms with Crippen LogP contribution in [-0.2, 0) is 0 Å². The van der Waals surface area contributed by atoms with E-state index < -0.39 is 0 Å². The number of anilines is 1.